The lowest BCUT2D eigenvalue weighted by Crippen LogP contribution is -2.22. The molecule has 3 N–H and O–H groups in total. The summed E-state index contributed by atoms with van der Waals surface area (Å²) in [7, 11) is 1.52. The van der Waals surface area contributed by atoms with Gasteiger partial charge in [0.2, 0.25) is 5.91 Å². The number of nitrogen functional groups attached to an aromatic ring is 1. The van der Waals surface area contributed by atoms with Crippen molar-refractivity contribution in [2.75, 3.05) is 18.2 Å². The number of amides is 1. The zero-order valence-electron chi connectivity index (χ0n) is 12.9. The zero-order valence-corrected chi connectivity index (χ0v) is 14.5. The van der Waals surface area contributed by atoms with Crippen molar-refractivity contribution in [3.05, 3.63) is 35.0 Å². The average Bonchev–Trinajstić information content (AvgIpc) is 2.55. The Balaban J connectivity index is 2.03. The number of ether oxygens (including phenoxy) is 1. The van der Waals surface area contributed by atoms with E-state index in [4.69, 9.17) is 27.3 Å². The number of carbonyl (C=O) groups excluding carboxylic acids is 1. The Morgan fingerprint density at radius 2 is 2.29 bits per heavy atom. The first-order valence-electron chi connectivity index (χ1n) is 6.78. The molecule has 24 heavy (non-hydrogen) atoms. The predicted molar refractivity (Wildman–Crippen MR) is 93.1 cm³/mol. The summed E-state index contributed by atoms with van der Waals surface area (Å²) in [6, 6.07) is 6.85. The highest BCUT2D eigenvalue weighted by Gasteiger charge is 2.17. The lowest BCUT2D eigenvalue weighted by molar-refractivity contribution is -0.115. The number of hydrogen-bond donors (Lipinski definition) is 2. The van der Waals surface area contributed by atoms with Gasteiger partial charge in [-0.25, -0.2) is 9.97 Å². The number of rotatable bonds is 5. The van der Waals surface area contributed by atoms with Gasteiger partial charge >= 0.3 is 0 Å². The van der Waals surface area contributed by atoms with E-state index in [1.807, 2.05) is 6.07 Å². The Labute approximate surface area is 148 Å². The summed E-state index contributed by atoms with van der Waals surface area (Å²) in [6.45, 7) is 1.71. The first-order chi connectivity index (χ1) is 11.4. The number of nitrogens with zero attached hydrogens (tertiary/aromatic N) is 3. The lowest BCUT2D eigenvalue weighted by atomic mass is 10.3. The van der Waals surface area contributed by atoms with E-state index in [-0.39, 0.29) is 17.3 Å². The Morgan fingerprint density at radius 1 is 1.54 bits per heavy atom. The molecule has 1 unspecified atom stereocenters. The molecule has 0 spiro atoms. The molecule has 2 rings (SSSR count). The topological polar surface area (TPSA) is 114 Å². The van der Waals surface area contributed by atoms with Crippen molar-refractivity contribution in [3.63, 3.8) is 0 Å². The quantitative estimate of drug-likeness (QED) is 0.620. The van der Waals surface area contributed by atoms with Crippen LogP contribution in [-0.4, -0.2) is 28.2 Å². The number of halogens is 1. The summed E-state index contributed by atoms with van der Waals surface area (Å²) in [6.07, 6.45) is 1.33. The average molecular weight is 364 g/mol. The van der Waals surface area contributed by atoms with Crippen LogP contribution in [0.5, 0.6) is 5.75 Å². The minimum atomic E-state index is -0.474. The first-order valence-corrected chi connectivity index (χ1v) is 8.04. The zero-order chi connectivity index (χ0) is 17.7. The highest BCUT2D eigenvalue weighted by atomic mass is 35.5. The molecule has 0 aliphatic rings. The van der Waals surface area contributed by atoms with Gasteiger partial charge in [-0.3, -0.25) is 4.79 Å². The van der Waals surface area contributed by atoms with Gasteiger partial charge in [0.05, 0.1) is 23.6 Å². The largest absolute Gasteiger partial charge is 0.495 e. The fraction of sp³-hybridized carbons (Fsp3) is 0.200. The van der Waals surface area contributed by atoms with Gasteiger partial charge in [-0.2, -0.15) is 5.26 Å². The predicted octanol–water partition coefficient (Wildman–Crippen LogP) is 2.71. The van der Waals surface area contributed by atoms with Crippen LogP contribution in [0.3, 0.4) is 0 Å². The normalized spacial score (nSPS) is 11.4. The number of thioether (sulfide) groups is 1. The van der Waals surface area contributed by atoms with Gasteiger partial charge in [-0.05, 0) is 25.1 Å². The number of hydrogen-bond acceptors (Lipinski definition) is 7. The highest BCUT2D eigenvalue weighted by Crippen LogP contribution is 2.28. The Morgan fingerprint density at radius 3 is 2.88 bits per heavy atom. The molecule has 0 bridgehead atoms. The second kappa shape index (κ2) is 7.86. The van der Waals surface area contributed by atoms with E-state index in [1.54, 1.807) is 25.1 Å². The van der Waals surface area contributed by atoms with Crippen LogP contribution >= 0.6 is 23.4 Å². The molecule has 1 heterocycles. The fourth-order valence-electron chi connectivity index (χ4n) is 1.72. The van der Waals surface area contributed by atoms with E-state index in [2.05, 4.69) is 15.3 Å². The van der Waals surface area contributed by atoms with Crippen LogP contribution in [0.25, 0.3) is 0 Å². The maximum absolute atomic E-state index is 12.2. The van der Waals surface area contributed by atoms with Crippen molar-refractivity contribution in [3.8, 4) is 11.8 Å². The van der Waals surface area contributed by atoms with Gasteiger partial charge in [0.25, 0.3) is 0 Å². The molecular formula is C15H14ClN5O2S. The van der Waals surface area contributed by atoms with Crippen LogP contribution in [0.4, 0.5) is 11.5 Å². The summed E-state index contributed by atoms with van der Waals surface area (Å²) < 4.78 is 5.06. The molecule has 0 saturated heterocycles. The maximum atomic E-state index is 12.2. The number of nitrogens with two attached hydrogens (primary N) is 1. The number of nitriles is 1. The monoisotopic (exact) mass is 363 g/mol. The standard InChI is InChI=1S/C15H14ClN5O2S/c1-8(24-15-19-7-9(6-17)13(18)21-15)14(22)20-10-3-4-12(23-2)11(16)5-10/h3-5,7-8H,1-2H3,(H,20,22)(H2,18,19,21). The van der Waals surface area contributed by atoms with Crippen molar-refractivity contribution in [1.82, 2.24) is 9.97 Å². The molecule has 9 heteroatoms. The summed E-state index contributed by atoms with van der Waals surface area (Å²) in [5.41, 5.74) is 6.39. The molecule has 0 saturated carbocycles. The van der Waals surface area contributed by atoms with Crippen LogP contribution in [0, 0.1) is 11.3 Å². The Kier molecular flexibility index (Phi) is 5.84. The number of nitrogens with one attached hydrogen (secondary N) is 1. The maximum Gasteiger partial charge on any atom is 0.237 e. The first kappa shape index (κ1) is 17.8. The third kappa shape index (κ3) is 4.28. The molecule has 1 atom stereocenters. The van der Waals surface area contributed by atoms with Gasteiger partial charge in [-0.15, -0.1) is 0 Å². The molecule has 124 valence electrons. The van der Waals surface area contributed by atoms with Crippen molar-refractivity contribution in [2.45, 2.75) is 17.3 Å². The Bertz CT molecular complexity index is 809. The highest BCUT2D eigenvalue weighted by molar-refractivity contribution is 8.00. The van der Waals surface area contributed by atoms with Crippen LogP contribution in [0.15, 0.2) is 29.6 Å². The molecule has 0 radical (unpaired) electrons. The second-order valence-electron chi connectivity index (χ2n) is 4.66. The van der Waals surface area contributed by atoms with Gasteiger partial charge in [0.15, 0.2) is 5.16 Å². The molecule has 0 aliphatic heterocycles. The molecule has 1 amide bonds. The van der Waals surface area contributed by atoms with E-state index < -0.39 is 5.25 Å². The minimum absolute atomic E-state index is 0.0875. The number of anilines is 2. The molecular weight excluding hydrogens is 350 g/mol. The van der Waals surface area contributed by atoms with Gasteiger partial charge in [0.1, 0.15) is 23.2 Å². The van der Waals surface area contributed by atoms with Crippen LogP contribution in [0.2, 0.25) is 5.02 Å². The number of aromatic nitrogens is 2. The van der Waals surface area contributed by atoms with Crippen molar-refractivity contribution in [2.24, 2.45) is 0 Å². The van der Waals surface area contributed by atoms with E-state index in [9.17, 15) is 4.79 Å². The third-order valence-corrected chi connectivity index (χ3v) is 4.26. The number of benzene rings is 1. The summed E-state index contributed by atoms with van der Waals surface area (Å²) in [4.78, 5) is 20.3. The van der Waals surface area contributed by atoms with Crippen LogP contribution in [-0.2, 0) is 4.79 Å². The van der Waals surface area contributed by atoms with Gasteiger partial charge in [0, 0.05) is 5.69 Å². The number of methoxy groups -OCH3 is 1. The fourth-order valence-corrected chi connectivity index (χ4v) is 2.73. The molecule has 2 aromatic rings. The SMILES string of the molecule is COc1ccc(NC(=O)C(C)Sc2ncc(C#N)c(N)n2)cc1Cl. The lowest BCUT2D eigenvalue weighted by Gasteiger charge is -2.12. The van der Waals surface area contributed by atoms with E-state index in [0.29, 0.717) is 21.6 Å². The molecule has 1 aromatic carbocycles. The van der Waals surface area contributed by atoms with Crippen molar-refractivity contribution < 1.29 is 9.53 Å². The van der Waals surface area contributed by atoms with Gasteiger partial charge < -0.3 is 15.8 Å². The summed E-state index contributed by atoms with van der Waals surface area (Å²) in [5.74, 6) is 0.371. The molecule has 0 aliphatic carbocycles. The second-order valence-corrected chi connectivity index (χ2v) is 6.38. The smallest absolute Gasteiger partial charge is 0.237 e. The van der Waals surface area contributed by atoms with E-state index in [1.165, 1.54) is 13.3 Å². The minimum Gasteiger partial charge on any atom is -0.495 e. The van der Waals surface area contributed by atoms with E-state index >= 15 is 0 Å². The summed E-state index contributed by atoms with van der Waals surface area (Å²) >= 11 is 7.16. The van der Waals surface area contributed by atoms with Crippen molar-refractivity contribution >= 4 is 40.8 Å². The Hall–Kier alpha value is -2.50. The van der Waals surface area contributed by atoms with E-state index in [0.717, 1.165) is 11.8 Å². The van der Waals surface area contributed by atoms with Crippen LogP contribution in [0.1, 0.15) is 12.5 Å². The molecule has 1 aromatic heterocycles. The van der Waals surface area contributed by atoms with Crippen LogP contribution < -0.4 is 15.8 Å². The number of carbonyl (C=O) groups is 1. The van der Waals surface area contributed by atoms with Crippen molar-refractivity contribution in [1.29, 1.82) is 5.26 Å². The molecule has 7 nitrogen and oxygen atoms in total. The third-order valence-electron chi connectivity index (χ3n) is 2.99. The molecule has 0 fully saturated rings. The van der Waals surface area contributed by atoms with Gasteiger partial charge in [-0.1, -0.05) is 23.4 Å². The summed E-state index contributed by atoms with van der Waals surface area (Å²) in [5, 5.41) is 11.8.